The van der Waals surface area contributed by atoms with E-state index in [1.807, 2.05) is 6.92 Å². The first kappa shape index (κ1) is 20.3. The van der Waals surface area contributed by atoms with Crippen LogP contribution in [0.4, 0.5) is 5.69 Å². The molecule has 2 aromatic rings. The van der Waals surface area contributed by atoms with Crippen molar-refractivity contribution in [3.8, 4) is 11.5 Å². The zero-order valence-corrected chi connectivity index (χ0v) is 15.4. The molecule has 0 aliphatic rings. The fourth-order valence-corrected chi connectivity index (χ4v) is 2.34. The fourth-order valence-electron chi connectivity index (χ4n) is 2.34. The van der Waals surface area contributed by atoms with E-state index in [-0.39, 0.29) is 5.91 Å². The van der Waals surface area contributed by atoms with Crippen molar-refractivity contribution in [3.05, 3.63) is 53.6 Å². The molecule has 2 N–H and O–H groups in total. The predicted molar refractivity (Wildman–Crippen MR) is 101 cm³/mol. The Bertz CT molecular complexity index is 790. The molecule has 2 rings (SSSR count). The standard InChI is InChI=1S/C20H23NO6/c1-3-25-10-11-26-18-7-5-4-6-16(18)20(24)21-17-9-8-15(12-14(17)2)27-13-19(22)23/h4-9,12H,3,10-11,13H2,1-2H3,(H,21,24)(H,22,23). The first-order valence-electron chi connectivity index (χ1n) is 8.57. The molecule has 7 heteroatoms. The van der Waals surface area contributed by atoms with Gasteiger partial charge < -0.3 is 24.6 Å². The number of carboxylic acids is 1. The van der Waals surface area contributed by atoms with Crippen molar-refractivity contribution in [2.45, 2.75) is 13.8 Å². The van der Waals surface area contributed by atoms with Crippen LogP contribution in [0.2, 0.25) is 0 Å². The molecule has 0 unspecified atom stereocenters. The lowest BCUT2D eigenvalue weighted by molar-refractivity contribution is -0.139. The normalized spacial score (nSPS) is 10.3. The summed E-state index contributed by atoms with van der Waals surface area (Å²) in [5.74, 6) is -0.448. The lowest BCUT2D eigenvalue weighted by atomic mass is 10.1. The second-order valence-corrected chi connectivity index (χ2v) is 5.65. The Hall–Kier alpha value is -3.06. The number of ether oxygens (including phenoxy) is 3. The van der Waals surface area contributed by atoms with E-state index < -0.39 is 12.6 Å². The molecule has 2 aromatic carbocycles. The largest absolute Gasteiger partial charge is 0.490 e. The van der Waals surface area contributed by atoms with Gasteiger partial charge in [0.05, 0.1) is 12.2 Å². The molecule has 0 aromatic heterocycles. The van der Waals surface area contributed by atoms with Gasteiger partial charge in [0.2, 0.25) is 0 Å². The van der Waals surface area contributed by atoms with Crippen molar-refractivity contribution in [2.24, 2.45) is 0 Å². The van der Waals surface area contributed by atoms with Crippen LogP contribution in [-0.4, -0.2) is 43.4 Å². The van der Waals surface area contributed by atoms with Gasteiger partial charge in [-0.05, 0) is 49.7 Å². The number of carbonyl (C=O) groups excluding carboxylic acids is 1. The van der Waals surface area contributed by atoms with E-state index in [1.165, 1.54) is 0 Å². The van der Waals surface area contributed by atoms with Gasteiger partial charge in [-0.3, -0.25) is 4.79 Å². The van der Waals surface area contributed by atoms with Crippen LogP contribution < -0.4 is 14.8 Å². The molecule has 0 atom stereocenters. The highest BCUT2D eigenvalue weighted by Gasteiger charge is 2.14. The van der Waals surface area contributed by atoms with Crippen molar-refractivity contribution in [1.29, 1.82) is 0 Å². The lowest BCUT2D eigenvalue weighted by Gasteiger charge is -2.13. The zero-order chi connectivity index (χ0) is 19.6. The van der Waals surface area contributed by atoms with Crippen LogP contribution in [0.15, 0.2) is 42.5 Å². The minimum Gasteiger partial charge on any atom is -0.490 e. The average molecular weight is 373 g/mol. The Morgan fingerprint density at radius 2 is 1.85 bits per heavy atom. The number of aliphatic carboxylic acids is 1. The van der Waals surface area contributed by atoms with Gasteiger partial charge in [-0.15, -0.1) is 0 Å². The number of aryl methyl sites for hydroxylation is 1. The molecule has 0 aliphatic heterocycles. The smallest absolute Gasteiger partial charge is 0.341 e. The molecular formula is C20H23NO6. The molecule has 0 saturated heterocycles. The summed E-state index contributed by atoms with van der Waals surface area (Å²) in [7, 11) is 0. The number of anilines is 1. The number of rotatable bonds is 10. The van der Waals surface area contributed by atoms with Crippen LogP contribution in [-0.2, 0) is 9.53 Å². The van der Waals surface area contributed by atoms with Gasteiger partial charge in [-0.25, -0.2) is 4.79 Å². The summed E-state index contributed by atoms with van der Waals surface area (Å²) in [4.78, 5) is 23.2. The van der Waals surface area contributed by atoms with Crippen molar-refractivity contribution >= 4 is 17.6 Å². The highest BCUT2D eigenvalue weighted by molar-refractivity contribution is 6.06. The van der Waals surface area contributed by atoms with Crippen molar-refractivity contribution < 1.29 is 28.9 Å². The number of amides is 1. The minimum atomic E-state index is -1.05. The minimum absolute atomic E-state index is 0.302. The van der Waals surface area contributed by atoms with E-state index >= 15 is 0 Å². The van der Waals surface area contributed by atoms with E-state index in [0.29, 0.717) is 42.6 Å². The van der Waals surface area contributed by atoms with Crippen LogP contribution in [0.25, 0.3) is 0 Å². The summed E-state index contributed by atoms with van der Waals surface area (Å²) in [6, 6.07) is 11.9. The van der Waals surface area contributed by atoms with Crippen LogP contribution in [0.5, 0.6) is 11.5 Å². The molecule has 0 heterocycles. The molecule has 0 aliphatic carbocycles. The number of carbonyl (C=O) groups is 2. The molecular weight excluding hydrogens is 350 g/mol. The highest BCUT2D eigenvalue weighted by atomic mass is 16.5. The third-order valence-electron chi connectivity index (χ3n) is 3.63. The first-order chi connectivity index (χ1) is 13.0. The number of nitrogens with one attached hydrogen (secondary N) is 1. The monoisotopic (exact) mass is 373 g/mol. The maximum absolute atomic E-state index is 12.6. The molecule has 27 heavy (non-hydrogen) atoms. The summed E-state index contributed by atoms with van der Waals surface area (Å²) in [5, 5.41) is 11.5. The molecule has 1 amide bonds. The quantitative estimate of drug-likeness (QED) is 0.622. The van der Waals surface area contributed by atoms with Gasteiger partial charge >= 0.3 is 5.97 Å². The lowest BCUT2D eigenvalue weighted by Crippen LogP contribution is -2.16. The van der Waals surface area contributed by atoms with Crippen molar-refractivity contribution in [1.82, 2.24) is 0 Å². The zero-order valence-electron chi connectivity index (χ0n) is 15.4. The van der Waals surface area contributed by atoms with Crippen LogP contribution >= 0.6 is 0 Å². The summed E-state index contributed by atoms with van der Waals surface area (Å²) < 4.78 is 16.0. The van der Waals surface area contributed by atoms with E-state index in [0.717, 1.165) is 5.56 Å². The third-order valence-corrected chi connectivity index (χ3v) is 3.63. The molecule has 0 bridgehead atoms. The Morgan fingerprint density at radius 3 is 2.56 bits per heavy atom. The molecule has 7 nitrogen and oxygen atoms in total. The Labute approximate surface area is 157 Å². The maximum atomic E-state index is 12.6. The summed E-state index contributed by atoms with van der Waals surface area (Å²) in [5.41, 5.74) is 1.77. The van der Waals surface area contributed by atoms with E-state index in [1.54, 1.807) is 49.4 Å². The topological polar surface area (TPSA) is 94.1 Å². The number of hydrogen-bond acceptors (Lipinski definition) is 5. The molecule has 0 fully saturated rings. The molecule has 0 spiro atoms. The van der Waals surface area contributed by atoms with E-state index in [9.17, 15) is 9.59 Å². The van der Waals surface area contributed by atoms with E-state index in [4.69, 9.17) is 19.3 Å². The van der Waals surface area contributed by atoms with Crippen molar-refractivity contribution in [2.75, 3.05) is 31.7 Å². The predicted octanol–water partition coefficient (Wildman–Crippen LogP) is 3.13. The Kier molecular flexibility index (Phi) is 7.63. The second kappa shape index (κ2) is 10.2. The summed E-state index contributed by atoms with van der Waals surface area (Å²) in [6.45, 7) is 4.69. The number of para-hydroxylation sites is 1. The third kappa shape index (κ3) is 6.31. The van der Waals surface area contributed by atoms with E-state index in [2.05, 4.69) is 5.32 Å². The second-order valence-electron chi connectivity index (χ2n) is 5.65. The Morgan fingerprint density at radius 1 is 1.07 bits per heavy atom. The Balaban J connectivity index is 2.05. The van der Waals surface area contributed by atoms with Crippen LogP contribution in [0, 0.1) is 6.92 Å². The van der Waals surface area contributed by atoms with Gasteiger partial charge in [0.15, 0.2) is 6.61 Å². The molecule has 144 valence electrons. The number of hydrogen-bond donors (Lipinski definition) is 2. The fraction of sp³-hybridized carbons (Fsp3) is 0.300. The number of carboxylic acid groups (broad SMARTS) is 1. The van der Waals surface area contributed by atoms with Crippen molar-refractivity contribution in [3.63, 3.8) is 0 Å². The SMILES string of the molecule is CCOCCOc1ccccc1C(=O)Nc1ccc(OCC(=O)O)cc1C. The van der Waals surface area contributed by atoms with Crippen LogP contribution in [0.3, 0.4) is 0 Å². The summed E-state index contributed by atoms with van der Waals surface area (Å²) >= 11 is 0. The van der Waals surface area contributed by atoms with Crippen LogP contribution in [0.1, 0.15) is 22.8 Å². The average Bonchev–Trinajstić information content (AvgIpc) is 2.65. The maximum Gasteiger partial charge on any atom is 0.341 e. The molecule has 0 saturated carbocycles. The molecule has 0 radical (unpaired) electrons. The van der Waals surface area contributed by atoms with Gasteiger partial charge in [0, 0.05) is 12.3 Å². The van der Waals surface area contributed by atoms with Gasteiger partial charge in [-0.2, -0.15) is 0 Å². The van der Waals surface area contributed by atoms with Gasteiger partial charge in [0.1, 0.15) is 18.1 Å². The van der Waals surface area contributed by atoms with Gasteiger partial charge in [0.25, 0.3) is 5.91 Å². The number of benzene rings is 2. The van der Waals surface area contributed by atoms with Gasteiger partial charge in [-0.1, -0.05) is 12.1 Å². The summed E-state index contributed by atoms with van der Waals surface area (Å²) in [6.07, 6.45) is 0. The first-order valence-corrected chi connectivity index (χ1v) is 8.57. The highest BCUT2D eigenvalue weighted by Crippen LogP contribution is 2.24.